The van der Waals surface area contributed by atoms with E-state index < -0.39 is 15.6 Å². The molecule has 0 N–H and O–H groups in total. The maximum absolute atomic E-state index is 15.0. The van der Waals surface area contributed by atoms with E-state index >= 15 is 0 Å². The van der Waals surface area contributed by atoms with Crippen molar-refractivity contribution >= 4 is 15.6 Å². The first-order chi connectivity index (χ1) is 25.8. The van der Waals surface area contributed by atoms with E-state index in [0.717, 1.165) is 89.0 Å². The molecule has 0 saturated carbocycles. The van der Waals surface area contributed by atoms with Crippen LogP contribution >= 0.6 is 15.6 Å². The lowest BCUT2D eigenvalue weighted by molar-refractivity contribution is 0.328. The maximum atomic E-state index is 15.0. The van der Waals surface area contributed by atoms with Gasteiger partial charge >= 0.3 is 15.6 Å². The Morgan fingerprint density at radius 1 is 0.278 bits per heavy atom. The van der Waals surface area contributed by atoms with Crippen LogP contribution in [0.15, 0.2) is 72.8 Å². The summed E-state index contributed by atoms with van der Waals surface area (Å²) in [5.41, 5.74) is 16.7. The van der Waals surface area contributed by atoms with Crippen LogP contribution in [0.3, 0.4) is 0 Å². The maximum Gasteiger partial charge on any atom is 0.647 e. The van der Waals surface area contributed by atoms with Crippen molar-refractivity contribution in [3.05, 3.63) is 117 Å². The van der Waals surface area contributed by atoms with E-state index in [2.05, 4.69) is 116 Å². The molecule has 6 aromatic rings. The van der Waals surface area contributed by atoms with Gasteiger partial charge in [-0.05, 0) is 128 Å². The monoisotopic (exact) mass is 754 g/mol. The van der Waals surface area contributed by atoms with Gasteiger partial charge in [-0.1, -0.05) is 72.8 Å². The van der Waals surface area contributed by atoms with E-state index in [0.29, 0.717) is 16.9 Å². The van der Waals surface area contributed by atoms with Crippen molar-refractivity contribution < 1.29 is 36.3 Å². The number of phosphoric acid groups is 2. The van der Waals surface area contributed by atoms with E-state index in [1.54, 1.807) is 0 Å². The third-order valence-electron chi connectivity index (χ3n) is 11.1. The van der Waals surface area contributed by atoms with Gasteiger partial charge in [-0.3, -0.25) is 0 Å². The number of fused-ring (bicyclic) bond motifs is 6. The summed E-state index contributed by atoms with van der Waals surface area (Å²) in [5, 5.41) is 0. The summed E-state index contributed by atoms with van der Waals surface area (Å²) in [4.78, 5) is 0. The van der Waals surface area contributed by atoms with Crippen molar-refractivity contribution in [3.63, 3.8) is 0 Å². The molecule has 0 aromatic heterocycles. The lowest BCUT2D eigenvalue weighted by Crippen LogP contribution is -2.09. The van der Waals surface area contributed by atoms with Gasteiger partial charge in [-0.2, -0.15) is 9.13 Å². The van der Waals surface area contributed by atoms with Crippen molar-refractivity contribution in [2.24, 2.45) is 0 Å². The van der Waals surface area contributed by atoms with Gasteiger partial charge in [0.15, 0.2) is 17.2 Å². The summed E-state index contributed by atoms with van der Waals surface area (Å²) in [5.74, 6) is 0.808. The number of benzene rings is 6. The molecule has 0 saturated heterocycles. The molecule has 4 aliphatic heterocycles. The fourth-order valence-electron chi connectivity index (χ4n) is 8.95. The number of rotatable bonds is 4. The molecule has 2 atom stereocenters. The predicted octanol–water partition coefficient (Wildman–Crippen LogP) is 13.0. The van der Waals surface area contributed by atoms with Crippen molar-refractivity contribution in [2.45, 2.75) is 55.4 Å². The average Bonchev–Trinajstić information content (AvgIpc) is 3.72. The molecule has 4 bridgehead atoms. The minimum Gasteiger partial charge on any atom is -0.385 e. The number of hydrogen-bond acceptors (Lipinski definition) is 8. The number of aryl methyl sites for hydroxylation is 8. The normalized spacial score (nSPS) is 19.2. The molecule has 8 nitrogen and oxygen atoms in total. The van der Waals surface area contributed by atoms with E-state index in [-0.39, 0.29) is 28.7 Å². The van der Waals surface area contributed by atoms with Crippen molar-refractivity contribution in [1.82, 2.24) is 0 Å². The first-order valence-electron chi connectivity index (χ1n) is 17.9. The molecule has 0 spiro atoms. The Labute approximate surface area is 313 Å². The highest BCUT2D eigenvalue weighted by atomic mass is 31.2. The van der Waals surface area contributed by atoms with Crippen LogP contribution in [0.4, 0.5) is 0 Å². The molecular formula is C44H36O8P2. The Balaban J connectivity index is 1.58. The number of hydrogen-bond donors (Lipinski definition) is 0. The second-order valence-electron chi connectivity index (χ2n) is 14.7. The first kappa shape index (κ1) is 33.2. The second kappa shape index (κ2) is 11.1. The fourth-order valence-corrected chi connectivity index (χ4v) is 11.5. The van der Waals surface area contributed by atoms with E-state index in [9.17, 15) is 9.13 Å². The largest absolute Gasteiger partial charge is 0.647 e. The van der Waals surface area contributed by atoms with Gasteiger partial charge < -0.3 is 27.1 Å². The topological polar surface area (TPSA) is 89.5 Å². The van der Waals surface area contributed by atoms with Crippen LogP contribution in [0.25, 0.3) is 55.6 Å². The van der Waals surface area contributed by atoms with Gasteiger partial charge in [0, 0.05) is 22.3 Å². The smallest absolute Gasteiger partial charge is 0.385 e. The predicted molar refractivity (Wildman–Crippen MR) is 210 cm³/mol. The van der Waals surface area contributed by atoms with Crippen molar-refractivity contribution in [1.29, 1.82) is 0 Å². The fraction of sp³-hybridized carbons (Fsp3) is 0.182. The lowest BCUT2D eigenvalue weighted by Gasteiger charge is -2.32. The van der Waals surface area contributed by atoms with E-state index in [1.165, 1.54) is 0 Å². The Morgan fingerprint density at radius 3 is 0.833 bits per heavy atom. The molecule has 6 aromatic carbocycles. The van der Waals surface area contributed by atoms with Gasteiger partial charge in [-0.15, -0.1) is 0 Å². The molecule has 10 heteroatoms. The first-order valence-corrected chi connectivity index (χ1v) is 20.8. The molecular weight excluding hydrogens is 718 g/mol. The van der Waals surface area contributed by atoms with E-state index in [4.69, 9.17) is 27.1 Å². The molecule has 2 unspecified atom stereocenters. The Hall–Kier alpha value is -5.42. The van der Waals surface area contributed by atoms with Crippen molar-refractivity contribution in [3.8, 4) is 90.1 Å². The summed E-state index contributed by atoms with van der Waals surface area (Å²) in [6.07, 6.45) is 0. The third kappa shape index (κ3) is 4.38. The van der Waals surface area contributed by atoms with Crippen LogP contribution < -0.4 is 27.1 Å². The Morgan fingerprint density at radius 2 is 0.500 bits per heavy atom. The SMILES string of the molecule is Cc1cccc(C)c1-c1c2c(c(-c3c(C)cccc3C)c(-c3c(C)cccc3C)c1-c1c(C)cccc1C)-c1c3c4c(c5c1OP(=O)(O5)O2)OP(=O)(O4)O3. The molecule has 270 valence electrons. The minimum atomic E-state index is -4.42. The molecule has 0 fully saturated rings. The van der Waals surface area contributed by atoms with Crippen LogP contribution in [0.1, 0.15) is 44.5 Å². The van der Waals surface area contributed by atoms with E-state index in [1.807, 2.05) is 12.1 Å². The van der Waals surface area contributed by atoms with Crippen molar-refractivity contribution in [2.75, 3.05) is 0 Å². The Bertz CT molecular complexity index is 2760. The molecule has 4 aliphatic rings. The summed E-state index contributed by atoms with van der Waals surface area (Å²) >= 11 is 0. The summed E-state index contributed by atoms with van der Waals surface area (Å²) in [6.45, 7) is 16.9. The highest BCUT2D eigenvalue weighted by Gasteiger charge is 2.60. The molecule has 0 aliphatic carbocycles. The zero-order chi connectivity index (χ0) is 37.6. The third-order valence-corrected chi connectivity index (χ3v) is 13.6. The summed E-state index contributed by atoms with van der Waals surface area (Å²) in [6, 6.07) is 25.1. The zero-order valence-corrected chi connectivity index (χ0v) is 32.9. The number of phosphoric ester groups is 2. The van der Waals surface area contributed by atoms with Crippen LogP contribution in [0, 0.1) is 55.4 Å². The second-order valence-corrected chi connectivity index (χ2v) is 17.6. The van der Waals surface area contributed by atoms with Crippen LogP contribution in [-0.2, 0) is 9.13 Å². The van der Waals surface area contributed by atoms with Gasteiger partial charge in [0.1, 0.15) is 0 Å². The summed E-state index contributed by atoms with van der Waals surface area (Å²) < 4.78 is 65.5. The highest BCUT2D eigenvalue weighted by molar-refractivity contribution is 7.51. The standard InChI is InChI=1S/C44H36O8P2/c1-21-13-9-14-22(2)29(21)33-34(30-23(3)15-10-16-24(30)4)36(32-27(7)19-12-20-28(32)8)39-37(35(33)31-25(5)17-11-18-26(31)6)38-40-42(50-53(45,47-39)48-40)44-43-41(38)49-54(46,51-43)52-44/h9-20H,1-8H3. The van der Waals surface area contributed by atoms with Gasteiger partial charge in [0.25, 0.3) is 0 Å². The minimum absolute atomic E-state index is 0.0206. The molecule has 0 radical (unpaired) electrons. The van der Waals surface area contributed by atoms with Gasteiger partial charge in [0.05, 0.1) is 5.56 Å². The average molecular weight is 755 g/mol. The summed E-state index contributed by atoms with van der Waals surface area (Å²) in [7, 11) is -8.49. The molecule has 10 rings (SSSR count). The molecule has 54 heavy (non-hydrogen) atoms. The van der Waals surface area contributed by atoms with Gasteiger partial charge in [0.2, 0.25) is 17.2 Å². The highest BCUT2D eigenvalue weighted by Crippen LogP contribution is 2.81. The van der Waals surface area contributed by atoms with Crippen LogP contribution in [0.5, 0.6) is 34.5 Å². The quantitative estimate of drug-likeness (QED) is 0.164. The zero-order valence-electron chi connectivity index (χ0n) is 31.1. The van der Waals surface area contributed by atoms with Crippen LogP contribution in [-0.4, -0.2) is 0 Å². The van der Waals surface area contributed by atoms with Crippen LogP contribution in [0.2, 0.25) is 0 Å². The molecule has 4 heterocycles. The molecule has 0 amide bonds. The van der Waals surface area contributed by atoms with Gasteiger partial charge in [-0.25, -0.2) is 0 Å². The lowest BCUT2D eigenvalue weighted by atomic mass is 9.73. The Kier molecular flexibility index (Phi) is 6.80.